The van der Waals surface area contributed by atoms with Gasteiger partial charge in [-0.2, -0.15) is 9.97 Å². The highest BCUT2D eigenvalue weighted by Gasteiger charge is 2.39. The van der Waals surface area contributed by atoms with Crippen LogP contribution in [0.3, 0.4) is 0 Å². The van der Waals surface area contributed by atoms with Crippen molar-refractivity contribution in [3.63, 3.8) is 0 Å². The standard InChI is InChI=1S/C57H64F2N10O5Si/c1-2-43-47(58)8-3-37-27-42(70)28-45(49(37)43)51-50(59)52-46(29-60-51)53(68-32-39-4-5-40(33-68)61-39)64-57(63-52)74-23-22-65-16-9-34(10-17-65)25-35-11-18-66(19-12-35)30-36-13-20-67(21-14-36)41-6-7-44-38(26-41)31-69(55(44)73)56-54(72)62-48(71)15-24-75-56/h1,3,6-8,26-29,34-36,39-40,56,61,70H,4-5,9-25,30-33H2,(H,62,71,72)/t39?,40?,56-/m0/s1. The van der Waals surface area contributed by atoms with E-state index in [2.05, 4.69) is 58.3 Å². The number of carbonyl (C=O) groups is 3. The smallest absolute Gasteiger partial charge is 0.319 e. The Labute approximate surface area is 438 Å². The van der Waals surface area contributed by atoms with Crippen LogP contribution >= 0.6 is 0 Å². The molecule has 0 saturated carbocycles. The minimum absolute atomic E-state index is 0.0337. The second-order valence-electron chi connectivity index (χ2n) is 22.1. The Morgan fingerprint density at radius 2 is 1.56 bits per heavy atom. The topological polar surface area (TPSA) is 160 Å². The molecule has 2 bridgehead atoms. The number of fused-ring (bicyclic) bond motifs is 5. The van der Waals surface area contributed by atoms with Gasteiger partial charge in [0.15, 0.2) is 5.82 Å². The quantitative estimate of drug-likeness (QED) is 0.0726. The number of anilines is 2. The molecule has 2 radical (unpaired) electrons. The van der Waals surface area contributed by atoms with Crippen LogP contribution in [-0.4, -0.2) is 152 Å². The van der Waals surface area contributed by atoms with Crippen molar-refractivity contribution in [3.05, 3.63) is 77.0 Å². The lowest BCUT2D eigenvalue weighted by molar-refractivity contribution is -0.131. The van der Waals surface area contributed by atoms with E-state index in [9.17, 15) is 19.5 Å². The van der Waals surface area contributed by atoms with E-state index < -0.39 is 17.3 Å². The van der Waals surface area contributed by atoms with Crippen molar-refractivity contribution in [2.24, 2.45) is 17.8 Å². The van der Waals surface area contributed by atoms with E-state index in [1.54, 1.807) is 11.1 Å². The summed E-state index contributed by atoms with van der Waals surface area (Å²) in [7, 11) is 0.215. The van der Waals surface area contributed by atoms with E-state index in [4.69, 9.17) is 16.1 Å². The number of pyridine rings is 1. The maximum atomic E-state index is 17.0. The number of likely N-dealkylation sites (tertiary alicyclic amines) is 2. The number of aromatic hydroxyl groups is 1. The molecule has 3 N–H and O–H groups in total. The molecule has 18 heteroatoms. The number of nitrogens with zero attached hydrogens (tertiary/aromatic N) is 8. The largest absolute Gasteiger partial charge is 0.508 e. The molecule has 3 atom stereocenters. The molecule has 3 aromatic carbocycles. The predicted octanol–water partition coefficient (Wildman–Crippen LogP) is 6.31. The van der Waals surface area contributed by atoms with Crippen molar-refractivity contribution in [3.8, 4) is 35.4 Å². The van der Waals surface area contributed by atoms with E-state index in [0.29, 0.717) is 91.3 Å². The lowest BCUT2D eigenvalue weighted by atomic mass is 9.82. The lowest BCUT2D eigenvalue weighted by Crippen LogP contribution is -2.51. The third-order valence-corrected chi connectivity index (χ3v) is 18.8. The molecule has 2 aromatic heterocycles. The third-order valence-electron chi connectivity index (χ3n) is 17.3. The SMILES string of the molecule is C#Cc1c(F)ccc2cc(O)cc(-c3ncc4c(N5CC6CCC(C5)N6)nc(OCCN5CCC(CC6CCN(CC7CCN(c8ccc9c(c8)CN([C@H]8[Si]CCC(=O)NC8=O)C9=O)CC7)CC6)CC5)nc4c3F)c12. The first kappa shape index (κ1) is 49.6. The summed E-state index contributed by atoms with van der Waals surface area (Å²) in [6, 6.07) is 13.0. The summed E-state index contributed by atoms with van der Waals surface area (Å²) in [6.07, 6.45) is 18.2. The third kappa shape index (κ3) is 10.2. The highest BCUT2D eigenvalue weighted by molar-refractivity contribution is 6.46. The molecule has 0 spiro atoms. The maximum absolute atomic E-state index is 17.0. The average Bonchev–Trinajstić information content (AvgIpc) is 3.87. The predicted molar refractivity (Wildman–Crippen MR) is 284 cm³/mol. The van der Waals surface area contributed by atoms with E-state index in [-0.39, 0.29) is 66.7 Å². The summed E-state index contributed by atoms with van der Waals surface area (Å²) in [5.41, 5.74) is 2.27. The van der Waals surface area contributed by atoms with Crippen LogP contribution in [0.15, 0.2) is 48.7 Å². The molecule has 390 valence electrons. The minimum Gasteiger partial charge on any atom is -0.508 e. The molecule has 9 heterocycles. The molecular weight excluding hydrogens is 971 g/mol. The van der Waals surface area contributed by atoms with Crippen molar-refractivity contribution >= 4 is 60.4 Å². The number of carbonyl (C=O) groups excluding carboxylic acids is 3. The Hall–Kier alpha value is -6.26. The molecule has 0 aliphatic carbocycles. The van der Waals surface area contributed by atoms with Crippen molar-refractivity contribution in [2.75, 3.05) is 81.9 Å². The number of terminal acetylenes is 1. The van der Waals surface area contributed by atoms with Crippen LogP contribution in [0, 0.1) is 41.7 Å². The van der Waals surface area contributed by atoms with Crippen molar-refractivity contribution in [1.82, 2.24) is 40.3 Å². The zero-order valence-corrected chi connectivity index (χ0v) is 43.3. The number of rotatable bonds is 12. The number of ether oxygens (including phenoxy) is 1. The van der Waals surface area contributed by atoms with Crippen LogP contribution < -0.4 is 25.2 Å². The van der Waals surface area contributed by atoms with Crippen molar-refractivity contribution in [2.45, 2.75) is 94.5 Å². The van der Waals surface area contributed by atoms with Gasteiger partial charge < -0.3 is 34.8 Å². The number of piperazine rings is 1. The number of hydrogen-bond donors (Lipinski definition) is 3. The molecule has 6 fully saturated rings. The van der Waals surface area contributed by atoms with Crippen LogP contribution in [0.2, 0.25) is 6.04 Å². The molecule has 2 unspecified atom stereocenters. The van der Waals surface area contributed by atoms with Crippen molar-refractivity contribution < 1.29 is 33.0 Å². The number of aromatic nitrogens is 3. The number of nitrogens with one attached hydrogen (secondary N) is 2. The van der Waals surface area contributed by atoms with Gasteiger partial charge in [0.2, 0.25) is 11.8 Å². The van der Waals surface area contributed by atoms with Gasteiger partial charge in [0.05, 0.1) is 26.1 Å². The summed E-state index contributed by atoms with van der Waals surface area (Å²) >= 11 is 0. The molecule has 5 aromatic rings. The Morgan fingerprint density at radius 3 is 2.31 bits per heavy atom. The summed E-state index contributed by atoms with van der Waals surface area (Å²) in [5, 5.41) is 18.0. The second-order valence-corrected chi connectivity index (χ2v) is 23.5. The van der Waals surface area contributed by atoms with E-state index in [1.165, 1.54) is 56.6 Å². The summed E-state index contributed by atoms with van der Waals surface area (Å²) in [6.45, 7) is 10.4. The first-order valence-corrected chi connectivity index (χ1v) is 28.4. The monoisotopic (exact) mass is 1030 g/mol. The fourth-order valence-electron chi connectivity index (χ4n) is 13.2. The second kappa shape index (κ2) is 21.0. The van der Waals surface area contributed by atoms with Gasteiger partial charge in [0.25, 0.3) is 5.91 Å². The summed E-state index contributed by atoms with van der Waals surface area (Å²) in [4.78, 5) is 63.5. The highest BCUT2D eigenvalue weighted by atomic mass is 28.2. The molecular formula is C57H64F2N10O5Si. The highest BCUT2D eigenvalue weighted by Crippen LogP contribution is 2.40. The number of halogens is 2. The van der Waals surface area contributed by atoms with E-state index in [0.717, 1.165) is 88.4 Å². The van der Waals surface area contributed by atoms with Crippen LogP contribution in [0.1, 0.15) is 85.7 Å². The van der Waals surface area contributed by atoms with Gasteiger partial charge in [-0.3, -0.25) is 29.6 Å². The number of phenols is 1. The van der Waals surface area contributed by atoms with Crippen LogP contribution in [0.5, 0.6) is 11.8 Å². The first-order valence-electron chi connectivity index (χ1n) is 27.1. The summed E-state index contributed by atoms with van der Waals surface area (Å²) < 4.78 is 38.4. The van der Waals surface area contributed by atoms with Gasteiger partial charge in [-0.05, 0) is 155 Å². The number of amides is 3. The molecule has 12 rings (SSSR count). The van der Waals surface area contributed by atoms with Gasteiger partial charge in [0, 0.05) is 92.7 Å². The fourth-order valence-corrected chi connectivity index (χ4v) is 14.6. The number of piperidine rings is 3. The number of benzene rings is 3. The fraction of sp³-hybridized carbons (Fsp3) is 0.509. The number of imide groups is 1. The Bertz CT molecular complexity index is 3070. The molecule has 75 heavy (non-hydrogen) atoms. The molecule has 7 aliphatic heterocycles. The van der Waals surface area contributed by atoms with Gasteiger partial charge in [-0.1, -0.05) is 12.0 Å². The maximum Gasteiger partial charge on any atom is 0.319 e. The Kier molecular flexibility index (Phi) is 13.9. The van der Waals surface area contributed by atoms with Crippen molar-refractivity contribution in [1.29, 1.82) is 0 Å². The zero-order chi connectivity index (χ0) is 51.3. The zero-order valence-electron chi connectivity index (χ0n) is 42.3. The number of hydrogen-bond acceptors (Lipinski definition) is 13. The molecule has 15 nitrogen and oxygen atoms in total. The number of phenolic OH excluding ortho intramolecular Hbond substituents is 1. The Morgan fingerprint density at radius 1 is 0.827 bits per heavy atom. The Balaban J connectivity index is 0.614. The van der Waals surface area contributed by atoms with Gasteiger partial charge >= 0.3 is 6.01 Å². The molecule has 7 aliphatic rings. The minimum atomic E-state index is -0.726. The van der Waals surface area contributed by atoms with Gasteiger partial charge in [0.1, 0.15) is 35.2 Å². The molecule has 3 amide bonds. The van der Waals surface area contributed by atoms with Gasteiger partial charge in [-0.25, -0.2) is 8.78 Å². The molecule has 6 saturated heterocycles. The van der Waals surface area contributed by atoms with E-state index in [1.807, 2.05) is 6.07 Å². The first-order chi connectivity index (χ1) is 36.5. The van der Waals surface area contributed by atoms with Crippen LogP contribution in [0.4, 0.5) is 20.3 Å². The van der Waals surface area contributed by atoms with Crippen LogP contribution in [0.25, 0.3) is 32.9 Å². The summed E-state index contributed by atoms with van der Waals surface area (Å²) in [5.74, 6) is 2.93. The normalized spacial score (nSPS) is 23.5. The average molecular weight is 1040 g/mol. The van der Waals surface area contributed by atoms with Crippen LogP contribution in [-0.2, 0) is 16.1 Å². The van der Waals surface area contributed by atoms with Gasteiger partial charge in [-0.15, -0.1) is 6.42 Å². The lowest BCUT2D eigenvalue weighted by Gasteiger charge is -2.39. The van der Waals surface area contributed by atoms with E-state index >= 15 is 8.78 Å².